The first-order chi connectivity index (χ1) is 6.82. The summed E-state index contributed by atoms with van der Waals surface area (Å²) in [7, 11) is 1.28. The molecule has 0 bridgehead atoms. The van der Waals surface area contributed by atoms with Crippen LogP contribution in [0.25, 0.3) is 0 Å². The van der Waals surface area contributed by atoms with Crippen LogP contribution in [0, 0.1) is 11.3 Å². The Morgan fingerprint density at radius 3 is 2.27 bits per heavy atom. The summed E-state index contributed by atoms with van der Waals surface area (Å²) < 4.78 is 4.56. The Morgan fingerprint density at radius 1 is 1.33 bits per heavy atom. The van der Waals surface area contributed by atoms with Gasteiger partial charge in [-0.2, -0.15) is 0 Å². The first-order valence-electron chi connectivity index (χ1n) is 5.19. The Labute approximate surface area is 91.4 Å². The van der Waals surface area contributed by atoms with Crippen LogP contribution >= 0.6 is 0 Å². The molecule has 0 aliphatic rings. The van der Waals surface area contributed by atoms with Gasteiger partial charge in [-0.3, -0.25) is 9.59 Å². The molecule has 1 amide bonds. The quantitative estimate of drug-likeness (QED) is 0.556. The monoisotopic (exact) mass is 215 g/mol. The minimum atomic E-state index is -1.11. The van der Waals surface area contributed by atoms with Gasteiger partial charge >= 0.3 is 5.97 Å². The second-order valence-electron chi connectivity index (χ2n) is 4.56. The van der Waals surface area contributed by atoms with Gasteiger partial charge in [-0.25, -0.2) is 0 Å². The maximum absolute atomic E-state index is 11.6. The normalized spacial score (nSPS) is 11.3. The van der Waals surface area contributed by atoms with E-state index >= 15 is 0 Å². The summed E-state index contributed by atoms with van der Waals surface area (Å²) in [5.41, 5.74) is -1.11. The molecule has 0 aromatic rings. The molecular formula is C11H21NO3. The highest BCUT2D eigenvalue weighted by Crippen LogP contribution is 2.16. The third-order valence-electron chi connectivity index (χ3n) is 2.27. The van der Waals surface area contributed by atoms with E-state index in [4.69, 9.17) is 0 Å². The van der Waals surface area contributed by atoms with Crippen LogP contribution in [-0.4, -0.2) is 25.5 Å². The zero-order valence-corrected chi connectivity index (χ0v) is 10.2. The van der Waals surface area contributed by atoms with Gasteiger partial charge in [0, 0.05) is 6.54 Å². The van der Waals surface area contributed by atoms with Crippen molar-refractivity contribution in [2.75, 3.05) is 13.7 Å². The van der Waals surface area contributed by atoms with E-state index in [0.29, 0.717) is 12.5 Å². The third-order valence-corrected chi connectivity index (χ3v) is 2.27. The zero-order valence-electron chi connectivity index (χ0n) is 10.2. The van der Waals surface area contributed by atoms with Crippen molar-refractivity contribution in [3.8, 4) is 0 Å². The number of esters is 1. The molecule has 0 rings (SSSR count). The molecule has 1 N–H and O–H groups in total. The van der Waals surface area contributed by atoms with Gasteiger partial charge in [0.05, 0.1) is 7.11 Å². The highest BCUT2D eigenvalue weighted by atomic mass is 16.5. The SMILES string of the molecule is COC(=O)C(C)(C)C(=O)NCCC(C)C. The minimum absolute atomic E-state index is 0.282. The second kappa shape index (κ2) is 5.73. The number of amides is 1. The van der Waals surface area contributed by atoms with Crippen LogP contribution in [0.4, 0.5) is 0 Å². The summed E-state index contributed by atoms with van der Waals surface area (Å²) >= 11 is 0. The average molecular weight is 215 g/mol. The van der Waals surface area contributed by atoms with Crippen LogP contribution in [0.1, 0.15) is 34.1 Å². The molecule has 4 heteroatoms. The number of hydrogen-bond donors (Lipinski definition) is 1. The van der Waals surface area contributed by atoms with Crippen LogP contribution in [-0.2, 0) is 14.3 Å². The summed E-state index contributed by atoms with van der Waals surface area (Å²) in [6.07, 6.45) is 0.906. The van der Waals surface area contributed by atoms with Crippen LogP contribution in [0.15, 0.2) is 0 Å². The number of rotatable bonds is 5. The average Bonchev–Trinajstić information content (AvgIpc) is 2.15. The number of nitrogens with one attached hydrogen (secondary N) is 1. The fourth-order valence-electron chi connectivity index (χ4n) is 1.04. The van der Waals surface area contributed by atoms with E-state index in [0.717, 1.165) is 6.42 Å². The number of methoxy groups -OCH3 is 1. The van der Waals surface area contributed by atoms with Crippen molar-refractivity contribution in [3.63, 3.8) is 0 Å². The zero-order chi connectivity index (χ0) is 12.1. The predicted molar refractivity (Wildman–Crippen MR) is 58.3 cm³/mol. The maximum atomic E-state index is 11.6. The van der Waals surface area contributed by atoms with Crippen LogP contribution < -0.4 is 5.32 Å². The summed E-state index contributed by atoms with van der Waals surface area (Å²) in [4.78, 5) is 22.9. The molecule has 0 atom stereocenters. The molecule has 15 heavy (non-hydrogen) atoms. The molecule has 0 aromatic heterocycles. The van der Waals surface area contributed by atoms with Gasteiger partial charge in [-0.1, -0.05) is 13.8 Å². The van der Waals surface area contributed by atoms with Gasteiger partial charge in [0.2, 0.25) is 5.91 Å². The predicted octanol–water partition coefficient (Wildman–Crippen LogP) is 1.35. The topological polar surface area (TPSA) is 55.4 Å². The van der Waals surface area contributed by atoms with Crippen molar-refractivity contribution in [1.29, 1.82) is 0 Å². The van der Waals surface area contributed by atoms with Gasteiger partial charge in [0.15, 0.2) is 0 Å². The van der Waals surface area contributed by atoms with E-state index in [1.165, 1.54) is 7.11 Å². The van der Waals surface area contributed by atoms with Gasteiger partial charge in [-0.05, 0) is 26.2 Å². The summed E-state index contributed by atoms with van der Waals surface area (Å²) in [6.45, 7) is 7.87. The molecule has 0 radical (unpaired) electrons. The maximum Gasteiger partial charge on any atom is 0.320 e. The standard InChI is InChI=1S/C11H21NO3/c1-8(2)6-7-12-9(13)11(3,4)10(14)15-5/h8H,6-7H2,1-5H3,(H,12,13). The largest absolute Gasteiger partial charge is 0.468 e. The highest BCUT2D eigenvalue weighted by molar-refractivity contribution is 6.01. The number of carbonyl (C=O) groups excluding carboxylic acids is 2. The fraction of sp³-hybridized carbons (Fsp3) is 0.818. The van der Waals surface area contributed by atoms with Gasteiger partial charge in [-0.15, -0.1) is 0 Å². The Morgan fingerprint density at radius 2 is 1.87 bits per heavy atom. The Hall–Kier alpha value is -1.06. The third kappa shape index (κ3) is 4.32. The molecule has 4 nitrogen and oxygen atoms in total. The molecule has 0 spiro atoms. The van der Waals surface area contributed by atoms with Crippen LogP contribution in [0.5, 0.6) is 0 Å². The van der Waals surface area contributed by atoms with E-state index in [2.05, 4.69) is 23.9 Å². The van der Waals surface area contributed by atoms with Crippen molar-refractivity contribution in [2.24, 2.45) is 11.3 Å². The van der Waals surface area contributed by atoms with Crippen molar-refractivity contribution < 1.29 is 14.3 Å². The molecule has 0 saturated carbocycles. The summed E-state index contributed by atoms with van der Waals surface area (Å²) in [6, 6.07) is 0. The highest BCUT2D eigenvalue weighted by Gasteiger charge is 2.36. The van der Waals surface area contributed by atoms with Crippen molar-refractivity contribution in [2.45, 2.75) is 34.1 Å². The molecule has 0 heterocycles. The van der Waals surface area contributed by atoms with E-state index in [9.17, 15) is 9.59 Å². The van der Waals surface area contributed by atoms with E-state index in [-0.39, 0.29) is 5.91 Å². The van der Waals surface area contributed by atoms with Gasteiger partial charge < -0.3 is 10.1 Å². The van der Waals surface area contributed by atoms with Crippen molar-refractivity contribution >= 4 is 11.9 Å². The van der Waals surface area contributed by atoms with Crippen LogP contribution in [0.2, 0.25) is 0 Å². The Kier molecular flexibility index (Phi) is 5.33. The molecule has 88 valence electrons. The van der Waals surface area contributed by atoms with Crippen molar-refractivity contribution in [1.82, 2.24) is 5.32 Å². The smallest absolute Gasteiger partial charge is 0.320 e. The molecule has 0 aromatic carbocycles. The van der Waals surface area contributed by atoms with Crippen molar-refractivity contribution in [3.05, 3.63) is 0 Å². The lowest BCUT2D eigenvalue weighted by molar-refractivity contribution is -0.156. The van der Waals surface area contributed by atoms with Crippen LogP contribution in [0.3, 0.4) is 0 Å². The number of ether oxygens (including phenoxy) is 1. The number of carbonyl (C=O) groups is 2. The fourth-order valence-corrected chi connectivity index (χ4v) is 1.04. The number of hydrogen-bond acceptors (Lipinski definition) is 3. The molecule has 0 fully saturated rings. The molecule has 0 unspecified atom stereocenters. The van der Waals surface area contributed by atoms with E-state index < -0.39 is 11.4 Å². The van der Waals surface area contributed by atoms with Gasteiger partial charge in [0.25, 0.3) is 0 Å². The molecule has 0 aliphatic carbocycles. The molecule has 0 saturated heterocycles. The Balaban J connectivity index is 4.14. The molecular weight excluding hydrogens is 194 g/mol. The lowest BCUT2D eigenvalue weighted by Crippen LogP contribution is -2.43. The second-order valence-corrected chi connectivity index (χ2v) is 4.56. The summed E-state index contributed by atoms with van der Waals surface area (Å²) in [5.74, 6) is -0.258. The first-order valence-corrected chi connectivity index (χ1v) is 5.19. The minimum Gasteiger partial charge on any atom is -0.468 e. The Bertz CT molecular complexity index is 234. The van der Waals surface area contributed by atoms with Gasteiger partial charge in [0.1, 0.15) is 5.41 Å². The lowest BCUT2D eigenvalue weighted by atomic mass is 9.92. The first kappa shape index (κ1) is 13.9. The lowest BCUT2D eigenvalue weighted by Gasteiger charge is -2.20. The molecule has 0 aliphatic heterocycles. The van der Waals surface area contributed by atoms with E-state index in [1.807, 2.05) is 0 Å². The van der Waals surface area contributed by atoms with E-state index in [1.54, 1.807) is 13.8 Å². The summed E-state index contributed by atoms with van der Waals surface area (Å²) in [5, 5.41) is 2.73.